The summed E-state index contributed by atoms with van der Waals surface area (Å²) in [6.45, 7) is 5.42. The number of nitrogens with one attached hydrogen (secondary N) is 1. The van der Waals surface area contributed by atoms with E-state index in [1.54, 1.807) is 19.2 Å². The van der Waals surface area contributed by atoms with E-state index in [0.29, 0.717) is 32.8 Å². The van der Waals surface area contributed by atoms with Gasteiger partial charge in [0.25, 0.3) is 0 Å². The van der Waals surface area contributed by atoms with Crippen LogP contribution in [0.1, 0.15) is 37.0 Å². The Balaban J connectivity index is 0.00000306. The second-order valence-electron chi connectivity index (χ2n) is 8.69. The molecule has 2 aliphatic heterocycles. The molecular weight excluding hydrogens is 539 g/mol. The fourth-order valence-electron chi connectivity index (χ4n) is 4.70. The van der Waals surface area contributed by atoms with Crippen molar-refractivity contribution in [3.8, 4) is 0 Å². The first-order valence-electron chi connectivity index (χ1n) is 11.2. The molecule has 0 radical (unpaired) electrons. The van der Waals surface area contributed by atoms with Gasteiger partial charge in [-0.25, -0.2) is 8.78 Å². The van der Waals surface area contributed by atoms with Gasteiger partial charge in [-0.1, -0.05) is 24.3 Å². The van der Waals surface area contributed by atoms with E-state index in [4.69, 9.17) is 9.47 Å². The van der Waals surface area contributed by atoms with Crippen molar-refractivity contribution in [3.05, 3.63) is 71.3 Å². The van der Waals surface area contributed by atoms with E-state index >= 15 is 0 Å². The molecule has 33 heavy (non-hydrogen) atoms. The zero-order valence-corrected chi connectivity index (χ0v) is 21.4. The lowest BCUT2D eigenvalue weighted by atomic mass is 9.74. The van der Waals surface area contributed by atoms with Gasteiger partial charge >= 0.3 is 0 Å². The smallest absolute Gasteiger partial charge is 0.193 e. The zero-order valence-electron chi connectivity index (χ0n) is 19.1. The highest BCUT2D eigenvalue weighted by Gasteiger charge is 2.36. The summed E-state index contributed by atoms with van der Waals surface area (Å²) in [6, 6.07) is 13.3. The molecule has 2 fully saturated rings. The summed E-state index contributed by atoms with van der Waals surface area (Å²) >= 11 is 0. The van der Waals surface area contributed by atoms with E-state index in [9.17, 15) is 8.78 Å². The normalized spacial score (nSPS) is 23.0. The van der Waals surface area contributed by atoms with Crippen LogP contribution in [-0.2, 0) is 14.9 Å². The molecule has 2 saturated heterocycles. The molecule has 2 heterocycles. The Bertz CT molecular complexity index is 918. The number of aliphatic imine (C=N–C) groups is 1. The Kier molecular flexibility index (Phi) is 9.06. The third kappa shape index (κ3) is 6.22. The maximum absolute atomic E-state index is 13.5. The Hall–Kier alpha value is -1.78. The number of hydrogen-bond acceptors (Lipinski definition) is 3. The van der Waals surface area contributed by atoms with Crippen molar-refractivity contribution in [2.45, 2.75) is 37.4 Å². The lowest BCUT2D eigenvalue weighted by molar-refractivity contribution is -0.0606. The van der Waals surface area contributed by atoms with Crippen LogP contribution < -0.4 is 5.32 Å². The van der Waals surface area contributed by atoms with Crippen LogP contribution in [0.15, 0.2) is 53.5 Å². The van der Waals surface area contributed by atoms with Crippen LogP contribution >= 0.6 is 24.0 Å². The first-order valence-corrected chi connectivity index (χ1v) is 11.2. The SMILES string of the molecule is CN=C(NCC1(c2ccc(F)cc2)CCOCC1)N1CC(C)OC(c2ccc(F)cc2)C1.I. The number of hydrogen-bond donors (Lipinski definition) is 1. The van der Waals surface area contributed by atoms with Crippen molar-refractivity contribution in [1.82, 2.24) is 10.2 Å². The van der Waals surface area contributed by atoms with Crippen molar-refractivity contribution in [2.75, 3.05) is 39.9 Å². The average molecular weight is 571 g/mol. The molecule has 0 aliphatic carbocycles. The minimum atomic E-state index is -0.255. The number of rotatable bonds is 4. The fraction of sp³-hybridized carbons (Fsp3) is 0.480. The Labute approximate surface area is 211 Å². The molecular formula is C25H32F2IN3O2. The molecule has 0 saturated carbocycles. The molecule has 2 aromatic carbocycles. The van der Waals surface area contributed by atoms with Gasteiger partial charge in [-0.15, -0.1) is 24.0 Å². The fourth-order valence-corrected chi connectivity index (χ4v) is 4.70. The molecule has 1 N–H and O–H groups in total. The van der Waals surface area contributed by atoms with Gasteiger partial charge in [0.05, 0.1) is 12.6 Å². The number of nitrogens with zero attached hydrogens (tertiary/aromatic N) is 2. The maximum Gasteiger partial charge on any atom is 0.193 e. The van der Waals surface area contributed by atoms with Gasteiger partial charge in [0.15, 0.2) is 5.96 Å². The van der Waals surface area contributed by atoms with Gasteiger partial charge in [0, 0.05) is 38.8 Å². The van der Waals surface area contributed by atoms with Gasteiger partial charge in [0.2, 0.25) is 0 Å². The predicted octanol–water partition coefficient (Wildman–Crippen LogP) is 4.67. The Morgan fingerprint density at radius 2 is 1.64 bits per heavy atom. The molecule has 2 aromatic rings. The van der Waals surface area contributed by atoms with Crippen molar-refractivity contribution in [2.24, 2.45) is 4.99 Å². The molecule has 4 rings (SSSR count). The van der Waals surface area contributed by atoms with Crippen LogP contribution in [0.25, 0.3) is 0 Å². The van der Waals surface area contributed by atoms with Gasteiger partial charge in [-0.2, -0.15) is 0 Å². The standard InChI is InChI=1S/C25H31F2N3O2.HI/c1-18-15-30(16-23(32-18)19-3-7-21(26)8-4-19)24(28-2)29-17-25(11-13-31-14-12-25)20-5-9-22(27)10-6-20;/h3-10,18,23H,11-17H2,1-2H3,(H,28,29);1H. The predicted molar refractivity (Wildman–Crippen MR) is 136 cm³/mol. The van der Waals surface area contributed by atoms with Crippen molar-refractivity contribution in [1.29, 1.82) is 0 Å². The quantitative estimate of drug-likeness (QED) is 0.330. The molecule has 2 aliphatic rings. The second-order valence-corrected chi connectivity index (χ2v) is 8.69. The highest BCUT2D eigenvalue weighted by molar-refractivity contribution is 14.0. The summed E-state index contributed by atoms with van der Waals surface area (Å²) in [5, 5.41) is 3.58. The van der Waals surface area contributed by atoms with E-state index < -0.39 is 0 Å². The van der Waals surface area contributed by atoms with Crippen LogP contribution in [0.5, 0.6) is 0 Å². The van der Waals surface area contributed by atoms with Gasteiger partial charge in [0.1, 0.15) is 17.7 Å². The third-order valence-corrected chi connectivity index (χ3v) is 6.50. The summed E-state index contributed by atoms with van der Waals surface area (Å²) in [5.74, 6) is 0.323. The first-order chi connectivity index (χ1) is 15.5. The topological polar surface area (TPSA) is 46.1 Å². The lowest BCUT2D eigenvalue weighted by Crippen LogP contribution is -2.53. The van der Waals surface area contributed by atoms with Crippen molar-refractivity contribution >= 4 is 29.9 Å². The van der Waals surface area contributed by atoms with Gasteiger partial charge in [-0.05, 0) is 55.2 Å². The zero-order chi connectivity index (χ0) is 22.6. The minimum absolute atomic E-state index is 0. The van der Waals surface area contributed by atoms with Crippen LogP contribution in [0.3, 0.4) is 0 Å². The monoisotopic (exact) mass is 571 g/mol. The van der Waals surface area contributed by atoms with E-state index in [0.717, 1.165) is 29.9 Å². The average Bonchev–Trinajstić information content (AvgIpc) is 2.80. The highest BCUT2D eigenvalue weighted by Crippen LogP contribution is 2.34. The van der Waals surface area contributed by atoms with E-state index in [1.807, 2.05) is 19.1 Å². The number of halogens is 3. The summed E-state index contributed by atoms with van der Waals surface area (Å²) in [5.41, 5.74) is 1.92. The van der Waals surface area contributed by atoms with Gasteiger partial charge in [-0.3, -0.25) is 4.99 Å². The minimum Gasteiger partial charge on any atom is -0.381 e. The summed E-state index contributed by atoms with van der Waals surface area (Å²) in [4.78, 5) is 6.73. The largest absolute Gasteiger partial charge is 0.381 e. The number of ether oxygens (including phenoxy) is 2. The van der Waals surface area contributed by atoms with E-state index in [-0.39, 0.29) is 53.2 Å². The van der Waals surface area contributed by atoms with Crippen LogP contribution in [-0.4, -0.2) is 56.9 Å². The van der Waals surface area contributed by atoms with Crippen LogP contribution in [0.4, 0.5) is 8.78 Å². The molecule has 0 bridgehead atoms. The first kappa shape index (κ1) is 25.8. The lowest BCUT2D eigenvalue weighted by Gasteiger charge is -2.41. The Morgan fingerprint density at radius 1 is 1.03 bits per heavy atom. The summed E-state index contributed by atoms with van der Waals surface area (Å²) < 4.78 is 38.6. The molecule has 5 nitrogen and oxygen atoms in total. The maximum atomic E-state index is 13.5. The van der Waals surface area contributed by atoms with Crippen LogP contribution in [0, 0.1) is 11.6 Å². The molecule has 0 amide bonds. The number of guanidine groups is 1. The summed E-state index contributed by atoms with van der Waals surface area (Å²) in [6.07, 6.45) is 1.57. The highest BCUT2D eigenvalue weighted by atomic mass is 127. The van der Waals surface area contributed by atoms with Crippen LogP contribution in [0.2, 0.25) is 0 Å². The second kappa shape index (κ2) is 11.6. The number of benzene rings is 2. The molecule has 0 spiro atoms. The Morgan fingerprint density at radius 3 is 2.24 bits per heavy atom. The molecule has 2 atom stereocenters. The van der Waals surface area contributed by atoms with Crippen molar-refractivity contribution < 1.29 is 18.3 Å². The van der Waals surface area contributed by atoms with Crippen molar-refractivity contribution in [3.63, 3.8) is 0 Å². The summed E-state index contributed by atoms with van der Waals surface area (Å²) in [7, 11) is 1.78. The molecule has 180 valence electrons. The molecule has 0 aromatic heterocycles. The third-order valence-electron chi connectivity index (χ3n) is 6.50. The molecule has 2 unspecified atom stereocenters. The van der Waals surface area contributed by atoms with Gasteiger partial charge < -0.3 is 19.7 Å². The molecule has 8 heteroatoms. The number of morpholine rings is 1. The van der Waals surface area contributed by atoms with E-state index in [2.05, 4.69) is 15.2 Å². The van der Waals surface area contributed by atoms with E-state index in [1.165, 1.54) is 24.3 Å².